The lowest BCUT2D eigenvalue weighted by atomic mass is 9.77. The minimum Gasteiger partial charge on any atom is -0.367 e. The highest BCUT2D eigenvalue weighted by atomic mass is 19.1. The molecular weight excluding hydrogens is 383 g/mol. The van der Waals surface area contributed by atoms with Crippen molar-refractivity contribution in [3.05, 3.63) is 66.3 Å². The summed E-state index contributed by atoms with van der Waals surface area (Å²) >= 11 is 0. The SMILES string of the molecule is NCC1([N+]2=C(Nc3ccc(F)cc3)C(C(N)=O)=C2)CCC(Nc2ccccn2)CC1. The van der Waals surface area contributed by atoms with Gasteiger partial charge >= 0.3 is 0 Å². The van der Waals surface area contributed by atoms with Gasteiger partial charge in [0.15, 0.2) is 5.57 Å². The molecule has 1 fully saturated rings. The Morgan fingerprint density at radius 1 is 1.20 bits per heavy atom. The summed E-state index contributed by atoms with van der Waals surface area (Å²) in [5.74, 6) is 0.663. The zero-order chi connectivity index (χ0) is 21.1. The summed E-state index contributed by atoms with van der Waals surface area (Å²) in [7, 11) is 0. The number of pyridine rings is 1. The summed E-state index contributed by atoms with van der Waals surface area (Å²) in [6.45, 7) is 0.445. The van der Waals surface area contributed by atoms with Gasteiger partial charge in [-0.2, -0.15) is 0 Å². The number of hydrogen-bond donors (Lipinski definition) is 4. The molecule has 156 valence electrons. The number of amides is 1. The highest BCUT2D eigenvalue weighted by molar-refractivity contribution is 6.24. The predicted octanol–water partition coefficient (Wildman–Crippen LogP) is 2.18. The second-order valence-electron chi connectivity index (χ2n) is 7.82. The van der Waals surface area contributed by atoms with Crippen molar-refractivity contribution >= 4 is 23.2 Å². The van der Waals surface area contributed by atoms with Crippen molar-refractivity contribution in [2.45, 2.75) is 37.3 Å². The van der Waals surface area contributed by atoms with Gasteiger partial charge in [-0.15, -0.1) is 0 Å². The molecule has 0 bridgehead atoms. The normalized spacial score (nSPS) is 23.4. The largest absolute Gasteiger partial charge is 0.367 e. The number of benzene rings is 1. The van der Waals surface area contributed by atoms with Crippen molar-refractivity contribution in [1.29, 1.82) is 0 Å². The van der Waals surface area contributed by atoms with Gasteiger partial charge in [0.05, 0.1) is 0 Å². The molecule has 1 amide bonds. The molecule has 30 heavy (non-hydrogen) atoms. The van der Waals surface area contributed by atoms with E-state index >= 15 is 0 Å². The summed E-state index contributed by atoms with van der Waals surface area (Å²) in [4.78, 5) is 16.2. The molecule has 0 spiro atoms. The Labute approximate surface area is 174 Å². The topological polar surface area (TPSA) is 109 Å². The zero-order valence-electron chi connectivity index (χ0n) is 16.6. The van der Waals surface area contributed by atoms with Gasteiger partial charge in [0.2, 0.25) is 0 Å². The average molecular weight is 409 g/mol. The van der Waals surface area contributed by atoms with E-state index in [1.165, 1.54) is 12.1 Å². The number of nitrogens with zero attached hydrogens (tertiary/aromatic N) is 2. The molecule has 1 aromatic heterocycles. The van der Waals surface area contributed by atoms with Gasteiger partial charge in [0.1, 0.15) is 29.1 Å². The van der Waals surface area contributed by atoms with E-state index in [4.69, 9.17) is 11.5 Å². The Hall–Kier alpha value is -3.26. The summed E-state index contributed by atoms with van der Waals surface area (Å²) in [5.41, 5.74) is 12.6. The molecule has 2 heterocycles. The molecular formula is C22H26FN6O+. The van der Waals surface area contributed by atoms with Gasteiger partial charge in [0, 0.05) is 18.8 Å². The first-order chi connectivity index (χ1) is 14.5. The van der Waals surface area contributed by atoms with Crippen LogP contribution in [0.25, 0.3) is 0 Å². The van der Waals surface area contributed by atoms with E-state index in [0.717, 1.165) is 31.5 Å². The van der Waals surface area contributed by atoms with Crippen LogP contribution in [0.5, 0.6) is 0 Å². The lowest BCUT2D eigenvalue weighted by molar-refractivity contribution is -0.561. The van der Waals surface area contributed by atoms with E-state index in [1.807, 2.05) is 22.8 Å². The van der Waals surface area contributed by atoms with Gasteiger partial charge in [-0.1, -0.05) is 6.07 Å². The number of nitrogens with two attached hydrogens (primary N) is 2. The van der Waals surface area contributed by atoms with Crippen molar-refractivity contribution in [2.75, 3.05) is 17.2 Å². The van der Waals surface area contributed by atoms with Crippen LogP contribution in [0.15, 0.2) is 60.4 Å². The molecule has 1 aromatic carbocycles. The number of amidine groups is 1. The third-order valence-corrected chi connectivity index (χ3v) is 5.95. The molecule has 8 heteroatoms. The van der Waals surface area contributed by atoms with E-state index in [2.05, 4.69) is 15.6 Å². The minimum absolute atomic E-state index is 0.302. The van der Waals surface area contributed by atoms with E-state index in [1.54, 1.807) is 24.5 Å². The molecule has 1 saturated carbocycles. The highest BCUT2D eigenvalue weighted by Crippen LogP contribution is 2.35. The van der Waals surface area contributed by atoms with Crippen molar-refractivity contribution in [3.63, 3.8) is 0 Å². The molecule has 1 aliphatic heterocycles. The third kappa shape index (κ3) is 3.91. The van der Waals surface area contributed by atoms with Crippen LogP contribution in [0.1, 0.15) is 25.7 Å². The van der Waals surface area contributed by atoms with Gasteiger partial charge in [-0.25, -0.2) is 19.3 Å². The van der Waals surface area contributed by atoms with Gasteiger partial charge < -0.3 is 16.8 Å². The van der Waals surface area contributed by atoms with Crippen molar-refractivity contribution in [1.82, 2.24) is 4.98 Å². The number of carbonyl (C=O) groups excluding carboxylic acids is 1. The maximum Gasteiger partial charge on any atom is 0.296 e. The summed E-state index contributed by atoms with van der Waals surface area (Å²) < 4.78 is 15.3. The van der Waals surface area contributed by atoms with Crippen LogP contribution in [0.2, 0.25) is 0 Å². The molecule has 0 saturated heterocycles. The number of aromatic nitrogens is 1. The number of nitrogens with one attached hydrogen (secondary N) is 2. The summed E-state index contributed by atoms with van der Waals surface area (Å²) in [5, 5.41) is 6.70. The quantitative estimate of drug-likeness (QED) is 0.547. The van der Waals surface area contributed by atoms with Crippen LogP contribution in [0.4, 0.5) is 15.9 Å². The Morgan fingerprint density at radius 2 is 1.93 bits per heavy atom. The molecule has 7 nitrogen and oxygen atoms in total. The van der Waals surface area contributed by atoms with Crippen LogP contribution >= 0.6 is 0 Å². The fourth-order valence-electron chi connectivity index (χ4n) is 4.17. The maximum absolute atomic E-state index is 13.2. The molecule has 4 rings (SSSR count). The van der Waals surface area contributed by atoms with Crippen LogP contribution in [0.3, 0.4) is 0 Å². The second-order valence-corrected chi connectivity index (χ2v) is 7.82. The average Bonchev–Trinajstić information content (AvgIpc) is 2.74. The van der Waals surface area contributed by atoms with Crippen LogP contribution in [-0.4, -0.2) is 39.4 Å². The number of carbonyl (C=O) groups is 1. The van der Waals surface area contributed by atoms with E-state index < -0.39 is 5.91 Å². The van der Waals surface area contributed by atoms with Gasteiger partial charge in [-0.3, -0.25) is 4.79 Å². The summed E-state index contributed by atoms with van der Waals surface area (Å²) in [6.07, 6.45) is 7.10. The Balaban J connectivity index is 1.52. The third-order valence-electron chi connectivity index (χ3n) is 5.95. The Bertz CT molecular complexity index is 978. The molecule has 0 atom stereocenters. The molecule has 6 N–H and O–H groups in total. The van der Waals surface area contributed by atoms with E-state index in [0.29, 0.717) is 29.7 Å². The van der Waals surface area contributed by atoms with Crippen LogP contribution in [-0.2, 0) is 4.79 Å². The minimum atomic E-state index is -0.506. The molecule has 0 radical (unpaired) electrons. The first-order valence-corrected chi connectivity index (χ1v) is 10.1. The van der Waals surface area contributed by atoms with Crippen LogP contribution in [0, 0.1) is 5.82 Å². The van der Waals surface area contributed by atoms with Crippen molar-refractivity contribution in [3.8, 4) is 0 Å². The van der Waals surface area contributed by atoms with E-state index in [9.17, 15) is 9.18 Å². The lowest BCUT2D eigenvalue weighted by Crippen LogP contribution is -2.57. The fraction of sp³-hybridized carbons (Fsp3) is 0.318. The highest BCUT2D eigenvalue weighted by Gasteiger charge is 2.47. The first kappa shape index (κ1) is 20.0. The fourth-order valence-corrected chi connectivity index (χ4v) is 4.17. The number of halogens is 1. The Morgan fingerprint density at radius 3 is 2.53 bits per heavy atom. The predicted molar refractivity (Wildman–Crippen MR) is 114 cm³/mol. The number of hydrogen-bond acceptors (Lipinski definition) is 5. The van der Waals surface area contributed by atoms with Gasteiger partial charge in [0.25, 0.3) is 11.7 Å². The molecule has 2 aliphatic rings. The van der Waals surface area contributed by atoms with Crippen LogP contribution < -0.4 is 22.1 Å². The zero-order valence-corrected chi connectivity index (χ0v) is 16.6. The monoisotopic (exact) mass is 409 g/mol. The smallest absolute Gasteiger partial charge is 0.296 e. The summed E-state index contributed by atoms with van der Waals surface area (Å²) in [6, 6.07) is 12.1. The number of rotatable bonds is 6. The van der Waals surface area contributed by atoms with E-state index in [-0.39, 0.29) is 11.4 Å². The number of primary amides is 1. The Kier molecular flexibility index (Phi) is 5.50. The molecule has 2 aromatic rings. The number of anilines is 2. The standard InChI is InChI=1S/C22H25FN6O/c23-15-4-6-16(7-5-15)28-21-18(20(25)30)13-29(21)22(14-24)10-8-17(9-11-22)27-19-3-1-2-12-26-19/h1-7,12-13,17H,8-11,14,24H2,(H3,25,26,27,30)/p+1. The first-order valence-electron chi connectivity index (χ1n) is 10.1. The van der Waals surface area contributed by atoms with Gasteiger partial charge in [-0.05, 0) is 62.1 Å². The molecule has 0 unspecified atom stereocenters. The lowest BCUT2D eigenvalue weighted by Gasteiger charge is -2.41. The van der Waals surface area contributed by atoms with Crippen molar-refractivity contribution < 1.29 is 13.8 Å². The second kappa shape index (κ2) is 8.23. The van der Waals surface area contributed by atoms with Crippen molar-refractivity contribution in [2.24, 2.45) is 11.5 Å². The molecule has 1 aliphatic carbocycles. The maximum atomic E-state index is 13.2.